The van der Waals surface area contributed by atoms with Crippen LogP contribution in [-0.4, -0.2) is 48.4 Å². The van der Waals surface area contributed by atoms with E-state index in [2.05, 4.69) is 12.1 Å². The number of ether oxygens (including phenoxy) is 2. The maximum atomic E-state index is 13.3. The van der Waals surface area contributed by atoms with Crippen molar-refractivity contribution in [2.45, 2.75) is 39.7 Å². The van der Waals surface area contributed by atoms with Crippen molar-refractivity contribution in [1.82, 2.24) is 4.90 Å². The number of piperidine rings is 1. The number of nitrogens with zero attached hydrogens (tertiary/aromatic N) is 2. The van der Waals surface area contributed by atoms with Crippen LogP contribution in [0, 0.1) is 13.8 Å². The molecule has 0 radical (unpaired) electrons. The summed E-state index contributed by atoms with van der Waals surface area (Å²) in [6.45, 7) is 7.62. The van der Waals surface area contributed by atoms with Crippen LogP contribution in [0.3, 0.4) is 0 Å². The maximum Gasteiger partial charge on any atom is 0.266 e. The summed E-state index contributed by atoms with van der Waals surface area (Å²) in [4.78, 5) is 42.4. The van der Waals surface area contributed by atoms with Crippen LogP contribution >= 0.6 is 0 Å². The van der Waals surface area contributed by atoms with Gasteiger partial charge in [-0.3, -0.25) is 14.4 Å². The number of imide groups is 1. The van der Waals surface area contributed by atoms with Crippen molar-refractivity contribution >= 4 is 23.4 Å². The monoisotopic (exact) mass is 498 g/mol. The fourth-order valence-electron chi connectivity index (χ4n) is 4.84. The highest BCUT2D eigenvalue weighted by atomic mass is 16.5. The van der Waals surface area contributed by atoms with Gasteiger partial charge in [-0.05, 0) is 80.4 Å². The molecular formula is C30H30N2O5. The van der Waals surface area contributed by atoms with E-state index < -0.39 is 11.8 Å². The minimum absolute atomic E-state index is 0.0476. The van der Waals surface area contributed by atoms with Crippen molar-refractivity contribution in [3.8, 4) is 11.5 Å². The van der Waals surface area contributed by atoms with Crippen molar-refractivity contribution in [1.29, 1.82) is 0 Å². The van der Waals surface area contributed by atoms with Gasteiger partial charge in [0, 0.05) is 31.5 Å². The first kappa shape index (κ1) is 24.6. The predicted molar refractivity (Wildman–Crippen MR) is 141 cm³/mol. The molecule has 1 saturated heterocycles. The third kappa shape index (κ3) is 4.81. The Morgan fingerprint density at radius 3 is 2.30 bits per heavy atom. The number of rotatable bonds is 6. The van der Waals surface area contributed by atoms with Crippen LogP contribution in [0.5, 0.6) is 11.5 Å². The Bertz CT molecular complexity index is 1360. The molecule has 0 N–H and O–H groups in total. The van der Waals surface area contributed by atoms with Crippen LogP contribution in [0.4, 0.5) is 5.69 Å². The van der Waals surface area contributed by atoms with Crippen LogP contribution in [0.25, 0.3) is 0 Å². The van der Waals surface area contributed by atoms with Gasteiger partial charge < -0.3 is 14.4 Å². The maximum absolute atomic E-state index is 13.3. The molecule has 3 aromatic rings. The predicted octanol–water partition coefficient (Wildman–Crippen LogP) is 5.19. The molecule has 0 spiro atoms. The number of hydrogen-bond donors (Lipinski definition) is 0. The second-order valence-electron chi connectivity index (χ2n) is 9.51. The molecule has 3 amide bonds. The fraction of sp³-hybridized carbons (Fsp3) is 0.300. The summed E-state index contributed by atoms with van der Waals surface area (Å²) in [5, 5.41) is 0. The number of likely N-dealkylation sites (tertiary alicyclic amines) is 1. The van der Waals surface area contributed by atoms with Gasteiger partial charge in [0.2, 0.25) is 0 Å². The molecule has 0 aliphatic carbocycles. The molecule has 0 saturated carbocycles. The van der Waals surface area contributed by atoms with Crippen molar-refractivity contribution in [3.05, 3.63) is 88.5 Å². The molecule has 0 atom stereocenters. The standard InChI is InChI=1S/C30H30N2O5/c1-4-36-23-10-8-22(9-11-23)32-29(34)25-12-7-21(18-26(25)30(32)35)28(33)31-15-13-24(14-16-31)37-27-17-19(2)5-6-20(27)3/h5-12,17-18,24H,4,13-16H2,1-3H3. The molecule has 2 aliphatic rings. The van der Waals surface area contributed by atoms with Crippen molar-refractivity contribution in [2.75, 3.05) is 24.6 Å². The number of carbonyl (C=O) groups is 3. The van der Waals surface area contributed by atoms with E-state index in [9.17, 15) is 14.4 Å². The molecule has 7 heteroatoms. The fourth-order valence-corrected chi connectivity index (χ4v) is 4.84. The van der Waals surface area contributed by atoms with E-state index in [4.69, 9.17) is 9.47 Å². The largest absolute Gasteiger partial charge is 0.494 e. The van der Waals surface area contributed by atoms with Gasteiger partial charge in [0.25, 0.3) is 17.7 Å². The van der Waals surface area contributed by atoms with Crippen molar-refractivity contribution in [3.63, 3.8) is 0 Å². The quantitative estimate of drug-likeness (QED) is 0.438. The Morgan fingerprint density at radius 1 is 0.892 bits per heavy atom. The molecule has 2 heterocycles. The molecule has 2 aliphatic heterocycles. The average Bonchev–Trinajstić information content (AvgIpc) is 3.16. The molecule has 7 nitrogen and oxygen atoms in total. The number of hydrogen-bond acceptors (Lipinski definition) is 5. The zero-order valence-electron chi connectivity index (χ0n) is 21.3. The first-order chi connectivity index (χ1) is 17.9. The zero-order valence-corrected chi connectivity index (χ0v) is 21.3. The van der Waals surface area contributed by atoms with Gasteiger partial charge in [-0.2, -0.15) is 0 Å². The lowest BCUT2D eigenvalue weighted by Crippen LogP contribution is -2.41. The molecule has 3 aromatic carbocycles. The molecule has 0 aromatic heterocycles. The van der Waals surface area contributed by atoms with Crippen LogP contribution in [0.15, 0.2) is 60.7 Å². The Kier molecular flexibility index (Phi) is 6.70. The number of aryl methyl sites for hydroxylation is 2. The Morgan fingerprint density at radius 2 is 1.59 bits per heavy atom. The van der Waals surface area contributed by atoms with Crippen LogP contribution in [-0.2, 0) is 0 Å². The summed E-state index contributed by atoms with van der Waals surface area (Å²) in [6, 6.07) is 17.7. The summed E-state index contributed by atoms with van der Waals surface area (Å²) in [5.41, 5.74) is 3.67. The first-order valence-corrected chi connectivity index (χ1v) is 12.6. The SMILES string of the molecule is CCOc1ccc(N2C(=O)c3ccc(C(=O)N4CCC(Oc5cc(C)ccc5C)CC4)cc3C2=O)cc1. The number of carbonyl (C=O) groups excluding carboxylic acids is 3. The molecule has 37 heavy (non-hydrogen) atoms. The van der Waals surface area contributed by atoms with Crippen LogP contribution < -0.4 is 14.4 Å². The number of amides is 3. The van der Waals surface area contributed by atoms with E-state index in [-0.39, 0.29) is 17.6 Å². The van der Waals surface area contributed by atoms with Gasteiger partial charge in [-0.1, -0.05) is 12.1 Å². The van der Waals surface area contributed by atoms with Gasteiger partial charge in [0.15, 0.2) is 0 Å². The first-order valence-electron chi connectivity index (χ1n) is 12.6. The summed E-state index contributed by atoms with van der Waals surface area (Å²) >= 11 is 0. The minimum atomic E-state index is -0.431. The smallest absolute Gasteiger partial charge is 0.266 e. The number of fused-ring (bicyclic) bond motifs is 1. The van der Waals surface area contributed by atoms with E-state index >= 15 is 0 Å². The van der Waals surface area contributed by atoms with E-state index in [1.165, 1.54) is 0 Å². The van der Waals surface area contributed by atoms with E-state index in [0.717, 1.165) is 34.6 Å². The lowest BCUT2D eigenvalue weighted by molar-refractivity contribution is 0.0594. The van der Waals surface area contributed by atoms with E-state index in [1.807, 2.05) is 26.8 Å². The number of anilines is 1. The average molecular weight is 499 g/mol. The molecule has 5 rings (SSSR count). The Balaban J connectivity index is 1.26. The van der Waals surface area contributed by atoms with Gasteiger partial charge in [-0.15, -0.1) is 0 Å². The zero-order chi connectivity index (χ0) is 26.1. The second-order valence-corrected chi connectivity index (χ2v) is 9.51. The lowest BCUT2D eigenvalue weighted by Gasteiger charge is -2.32. The molecule has 0 bridgehead atoms. The summed E-state index contributed by atoms with van der Waals surface area (Å²) < 4.78 is 11.7. The highest BCUT2D eigenvalue weighted by Crippen LogP contribution is 2.31. The van der Waals surface area contributed by atoms with E-state index in [0.29, 0.717) is 42.3 Å². The second kappa shape index (κ2) is 10.1. The summed E-state index contributed by atoms with van der Waals surface area (Å²) in [7, 11) is 0. The minimum Gasteiger partial charge on any atom is -0.494 e. The normalized spacial score (nSPS) is 15.6. The van der Waals surface area contributed by atoms with Gasteiger partial charge >= 0.3 is 0 Å². The third-order valence-electron chi connectivity index (χ3n) is 6.91. The van der Waals surface area contributed by atoms with Gasteiger partial charge in [-0.25, -0.2) is 4.90 Å². The van der Waals surface area contributed by atoms with Crippen LogP contribution in [0.1, 0.15) is 62.0 Å². The molecule has 190 valence electrons. The number of benzene rings is 3. The molecular weight excluding hydrogens is 468 g/mol. The van der Waals surface area contributed by atoms with Crippen molar-refractivity contribution < 1.29 is 23.9 Å². The Labute approximate surface area is 216 Å². The lowest BCUT2D eigenvalue weighted by atomic mass is 10.0. The third-order valence-corrected chi connectivity index (χ3v) is 6.91. The summed E-state index contributed by atoms with van der Waals surface area (Å²) in [5.74, 6) is 0.586. The topological polar surface area (TPSA) is 76.2 Å². The highest BCUT2D eigenvalue weighted by molar-refractivity contribution is 6.34. The van der Waals surface area contributed by atoms with Gasteiger partial charge in [0.05, 0.1) is 23.4 Å². The van der Waals surface area contributed by atoms with Crippen molar-refractivity contribution in [2.24, 2.45) is 0 Å². The highest BCUT2D eigenvalue weighted by Gasteiger charge is 2.37. The Hall–Kier alpha value is -4.13. The molecule has 1 fully saturated rings. The van der Waals surface area contributed by atoms with Gasteiger partial charge in [0.1, 0.15) is 17.6 Å². The summed E-state index contributed by atoms with van der Waals surface area (Å²) in [6.07, 6.45) is 1.51. The van der Waals surface area contributed by atoms with Crippen LogP contribution in [0.2, 0.25) is 0 Å². The van der Waals surface area contributed by atoms with E-state index in [1.54, 1.807) is 47.4 Å². The molecule has 0 unspecified atom stereocenters.